The van der Waals surface area contributed by atoms with Crippen molar-refractivity contribution in [3.63, 3.8) is 0 Å². The van der Waals surface area contributed by atoms with Gasteiger partial charge in [0.25, 0.3) is 0 Å². The molecule has 0 radical (unpaired) electrons. The molecule has 0 saturated heterocycles. The molecule has 3 aromatic heterocycles. The van der Waals surface area contributed by atoms with Gasteiger partial charge in [-0.15, -0.1) is 11.3 Å². The molecule has 0 atom stereocenters. The summed E-state index contributed by atoms with van der Waals surface area (Å²) in [6.45, 7) is 0. The molecule has 5 aromatic rings. The first-order chi connectivity index (χ1) is 11.7. The van der Waals surface area contributed by atoms with Crippen LogP contribution in [0.15, 0.2) is 63.1 Å². The number of hydrogen-bond acceptors (Lipinski definition) is 5. The largest absolute Gasteiger partial charge is 0.508 e. The van der Waals surface area contributed by atoms with Crippen molar-refractivity contribution in [1.29, 1.82) is 0 Å². The molecule has 116 valence electrons. The Bertz CT molecular complexity index is 1300. The number of benzene rings is 2. The molecule has 0 aliphatic carbocycles. The maximum Gasteiger partial charge on any atom is 0.345 e. The average molecular weight is 334 g/mol. The van der Waals surface area contributed by atoms with Crippen molar-refractivity contribution >= 4 is 38.3 Å². The molecular formula is C18H10N2O3S. The molecular weight excluding hydrogens is 324 g/mol. The zero-order valence-electron chi connectivity index (χ0n) is 12.3. The summed E-state index contributed by atoms with van der Waals surface area (Å²) < 4.78 is 7.37. The van der Waals surface area contributed by atoms with Crippen molar-refractivity contribution in [3.05, 3.63) is 64.3 Å². The fourth-order valence-corrected chi connectivity index (χ4v) is 3.85. The quantitative estimate of drug-likeness (QED) is 0.470. The molecule has 0 amide bonds. The Morgan fingerprint density at radius 1 is 1.12 bits per heavy atom. The zero-order chi connectivity index (χ0) is 16.3. The second-order valence-electron chi connectivity index (χ2n) is 5.51. The van der Waals surface area contributed by atoms with Gasteiger partial charge in [-0.1, -0.05) is 18.2 Å². The van der Waals surface area contributed by atoms with Crippen LogP contribution in [-0.2, 0) is 0 Å². The van der Waals surface area contributed by atoms with Crippen LogP contribution in [0.4, 0.5) is 0 Å². The molecule has 3 heterocycles. The number of fused-ring (bicyclic) bond motifs is 4. The maximum atomic E-state index is 12.5. The standard InChI is InChI=1S/C18H10N2O3S/c21-11-5-6-14-13(8-11)19-18-20(14)15(9-24-18)12-7-10-3-1-2-4-16(10)23-17(12)22/h1-9,21H. The zero-order valence-corrected chi connectivity index (χ0v) is 13.1. The Balaban J connectivity index is 1.88. The van der Waals surface area contributed by atoms with Gasteiger partial charge >= 0.3 is 5.63 Å². The summed E-state index contributed by atoms with van der Waals surface area (Å²) in [5.41, 5.74) is 2.95. The van der Waals surface area contributed by atoms with Crippen molar-refractivity contribution in [1.82, 2.24) is 9.38 Å². The highest BCUT2D eigenvalue weighted by Crippen LogP contribution is 2.31. The van der Waals surface area contributed by atoms with E-state index in [1.165, 1.54) is 11.3 Å². The van der Waals surface area contributed by atoms with Crippen LogP contribution in [0.2, 0.25) is 0 Å². The lowest BCUT2D eigenvalue weighted by Gasteiger charge is -2.02. The first-order valence-corrected chi connectivity index (χ1v) is 8.20. The third kappa shape index (κ3) is 1.80. The third-order valence-electron chi connectivity index (χ3n) is 4.04. The van der Waals surface area contributed by atoms with Crippen LogP contribution in [0.5, 0.6) is 5.75 Å². The Kier molecular flexibility index (Phi) is 2.60. The van der Waals surface area contributed by atoms with Gasteiger partial charge in [-0.3, -0.25) is 4.40 Å². The van der Waals surface area contributed by atoms with E-state index in [9.17, 15) is 9.90 Å². The number of nitrogens with zero attached hydrogens (tertiary/aromatic N) is 2. The molecule has 0 fully saturated rings. The highest BCUT2D eigenvalue weighted by atomic mass is 32.1. The number of thiazole rings is 1. The highest BCUT2D eigenvalue weighted by molar-refractivity contribution is 7.15. The number of imidazole rings is 1. The SMILES string of the molecule is O=c1oc2ccccc2cc1-c1csc2nc3cc(O)ccc3n12. The number of aromatic hydroxyl groups is 1. The summed E-state index contributed by atoms with van der Waals surface area (Å²) in [6, 6.07) is 14.3. The van der Waals surface area contributed by atoms with Gasteiger partial charge in [-0.2, -0.15) is 0 Å². The van der Waals surface area contributed by atoms with Gasteiger partial charge < -0.3 is 9.52 Å². The summed E-state index contributed by atoms with van der Waals surface area (Å²) in [5.74, 6) is 0.167. The molecule has 0 saturated carbocycles. The lowest BCUT2D eigenvalue weighted by atomic mass is 10.1. The van der Waals surface area contributed by atoms with Crippen molar-refractivity contribution in [3.8, 4) is 17.0 Å². The molecule has 0 spiro atoms. The van der Waals surface area contributed by atoms with Crippen molar-refractivity contribution < 1.29 is 9.52 Å². The summed E-state index contributed by atoms with van der Waals surface area (Å²) in [6.07, 6.45) is 0. The van der Waals surface area contributed by atoms with Gasteiger partial charge in [-0.25, -0.2) is 9.78 Å². The Morgan fingerprint density at radius 3 is 2.92 bits per heavy atom. The Morgan fingerprint density at radius 2 is 2.00 bits per heavy atom. The number of phenols is 1. The third-order valence-corrected chi connectivity index (χ3v) is 4.87. The Labute approximate surface area is 139 Å². The maximum absolute atomic E-state index is 12.5. The van der Waals surface area contributed by atoms with Gasteiger partial charge in [0.15, 0.2) is 4.96 Å². The minimum absolute atomic E-state index is 0.167. The molecule has 5 nitrogen and oxygen atoms in total. The van der Waals surface area contributed by atoms with Crippen molar-refractivity contribution in [2.45, 2.75) is 0 Å². The van der Waals surface area contributed by atoms with Crippen LogP contribution in [0.3, 0.4) is 0 Å². The van der Waals surface area contributed by atoms with Crippen LogP contribution in [0.1, 0.15) is 0 Å². The van der Waals surface area contributed by atoms with Crippen molar-refractivity contribution in [2.75, 3.05) is 0 Å². The second-order valence-corrected chi connectivity index (χ2v) is 6.35. The molecule has 24 heavy (non-hydrogen) atoms. The van der Waals surface area contributed by atoms with Crippen LogP contribution in [-0.4, -0.2) is 14.5 Å². The summed E-state index contributed by atoms with van der Waals surface area (Å²) in [4.78, 5) is 17.7. The van der Waals surface area contributed by atoms with E-state index >= 15 is 0 Å². The van der Waals surface area contributed by atoms with Crippen molar-refractivity contribution in [2.24, 2.45) is 0 Å². The molecule has 1 N–H and O–H groups in total. The normalized spacial score (nSPS) is 11.7. The summed E-state index contributed by atoms with van der Waals surface area (Å²) >= 11 is 1.44. The molecule has 5 rings (SSSR count). The van der Waals surface area contributed by atoms with E-state index in [0.29, 0.717) is 16.7 Å². The number of phenolic OH excluding ortho intramolecular Hbond substituents is 1. The Hall–Kier alpha value is -3.12. The minimum atomic E-state index is -0.381. The average Bonchev–Trinajstić information content (AvgIpc) is 3.12. The lowest BCUT2D eigenvalue weighted by molar-refractivity contribution is 0.476. The van der Waals surface area contributed by atoms with Gasteiger partial charge in [0.2, 0.25) is 0 Å². The molecule has 0 bridgehead atoms. The first-order valence-electron chi connectivity index (χ1n) is 7.33. The van der Waals surface area contributed by atoms with E-state index in [1.54, 1.807) is 24.3 Å². The number of para-hydroxylation sites is 1. The van der Waals surface area contributed by atoms with Gasteiger partial charge in [0.1, 0.15) is 11.3 Å². The minimum Gasteiger partial charge on any atom is -0.508 e. The van der Waals surface area contributed by atoms with Gasteiger partial charge in [-0.05, 0) is 24.3 Å². The van der Waals surface area contributed by atoms with Gasteiger partial charge in [0.05, 0.1) is 22.3 Å². The van der Waals surface area contributed by atoms with E-state index in [0.717, 1.165) is 21.6 Å². The fraction of sp³-hybridized carbons (Fsp3) is 0. The van der Waals surface area contributed by atoms with Gasteiger partial charge in [0, 0.05) is 16.8 Å². The summed E-state index contributed by atoms with van der Waals surface area (Å²) in [7, 11) is 0. The molecule has 2 aromatic carbocycles. The lowest BCUT2D eigenvalue weighted by Crippen LogP contribution is -2.04. The monoisotopic (exact) mass is 334 g/mol. The van der Waals surface area contributed by atoms with E-state index in [4.69, 9.17) is 4.42 Å². The smallest absolute Gasteiger partial charge is 0.345 e. The van der Waals surface area contributed by atoms with Crippen LogP contribution < -0.4 is 5.63 Å². The van der Waals surface area contributed by atoms with Crippen LogP contribution in [0.25, 0.3) is 38.2 Å². The predicted octanol–water partition coefficient (Wildman–Crippen LogP) is 4.03. The first kappa shape index (κ1) is 13.3. The number of rotatable bonds is 1. The van der Waals surface area contributed by atoms with E-state index in [-0.39, 0.29) is 11.4 Å². The molecule has 0 unspecified atom stereocenters. The topological polar surface area (TPSA) is 67.7 Å². The van der Waals surface area contributed by atoms with E-state index < -0.39 is 0 Å². The summed E-state index contributed by atoms with van der Waals surface area (Å²) in [5, 5.41) is 12.4. The van der Waals surface area contributed by atoms with E-state index in [1.807, 2.05) is 34.0 Å². The molecule has 6 heteroatoms. The molecule has 0 aliphatic rings. The number of hydrogen-bond donors (Lipinski definition) is 1. The van der Waals surface area contributed by atoms with Crippen LogP contribution >= 0.6 is 11.3 Å². The predicted molar refractivity (Wildman–Crippen MR) is 93.7 cm³/mol. The van der Waals surface area contributed by atoms with E-state index in [2.05, 4.69) is 4.98 Å². The number of aromatic nitrogens is 2. The highest BCUT2D eigenvalue weighted by Gasteiger charge is 2.16. The van der Waals surface area contributed by atoms with Crippen LogP contribution in [0, 0.1) is 0 Å². The second kappa shape index (κ2) is 4.69. The molecule has 0 aliphatic heterocycles. The fourth-order valence-electron chi connectivity index (χ4n) is 2.94.